The number of likely N-dealkylation sites (tertiary alicyclic amines) is 1. The SMILES string of the molecule is N#C[C@H]1[C@@H](c2ccc(-c3cccnc3)cc2)[C@@H](CO)N1C(=O)C1CCOCC1. The molecule has 2 fully saturated rings. The van der Waals surface area contributed by atoms with Crippen LogP contribution in [-0.4, -0.2) is 52.8 Å². The van der Waals surface area contributed by atoms with Gasteiger partial charge in [-0.3, -0.25) is 9.78 Å². The van der Waals surface area contributed by atoms with Crippen LogP contribution in [0.5, 0.6) is 0 Å². The lowest BCUT2D eigenvalue weighted by Gasteiger charge is -2.52. The number of benzene rings is 1. The molecule has 6 heteroatoms. The molecule has 0 aliphatic carbocycles. The van der Waals surface area contributed by atoms with Gasteiger partial charge in [-0.1, -0.05) is 30.3 Å². The molecule has 2 aliphatic heterocycles. The number of aliphatic hydroxyl groups excluding tert-OH is 1. The van der Waals surface area contributed by atoms with Gasteiger partial charge in [0.05, 0.1) is 18.7 Å². The molecule has 0 spiro atoms. The fourth-order valence-electron chi connectivity index (χ4n) is 4.30. The minimum atomic E-state index is -0.545. The molecule has 0 bridgehead atoms. The molecule has 6 nitrogen and oxygen atoms in total. The third kappa shape index (κ3) is 3.28. The van der Waals surface area contributed by atoms with Gasteiger partial charge in [0.15, 0.2) is 0 Å². The minimum Gasteiger partial charge on any atom is -0.394 e. The molecule has 0 unspecified atom stereocenters. The maximum Gasteiger partial charge on any atom is 0.227 e. The molecule has 3 heterocycles. The average Bonchev–Trinajstić information content (AvgIpc) is 2.75. The average molecular weight is 377 g/mol. The number of rotatable bonds is 4. The predicted molar refractivity (Wildman–Crippen MR) is 103 cm³/mol. The van der Waals surface area contributed by atoms with Crippen LogP contribution in [0.4, 0.5) is 0 Å². The van der Waals surface area contributed by atoms with E-state index in [1.807, 2.05) is 36.4 Å². The molecule has 3 atom stereocenters. The maximum atomic E-state index is 12.9. The smallest absolute Gasteiger partial charge is 0.227 e. The second-order valence-electron chi connectivity index (χ2n) is 7.35. The van der Waals surface area contributed by atoms with Crippen molar-refractivity contribution in [3.63, 3.8) is 0 Å². The molecule has 2 saturated heterocycles. The van der Waals surface area contributed by atoms with Crippen molar-refractivity contribution in [3.8, 4) is 17.2 Å². The van der Waals surface area contributed by atoms with Crippen molar-refractivity contribution < 1.29 is 14.6 Å². The second kappa shape index (κ2) is 8.09. The van der Waals surface area contributed by atoms with E-state index in [1.165, 1.54) is 0 Å². The first kappa shape index (κ1) is 18.6. The molecule has 2 aromatic rings. The first-order valence-electron chi connectivity index (χ1n) is 9.65. The van der Waals surface area contributed by atoms with E-state index in [2.05, 4.69) is 11.1 Å². The highest BCUT2D eigenvalue weighted by molar-refractivity contribution is 5.81. The summed E-state index contributed by atoms with van der Waals surface area (Å²) >= 11 is 0. The molecule has 2 aliphatic rings. The summed E-state index contributed by atoms with van der Waals surface area (Å²) in [5.74, 6) is -0.327. The maximum absolute atomic E-state index is 12.9. The summed E-state index contributed by atoms with van der Waals surface area (Å²) in [6.07, 6.45) is 4.90. The Bertz CT molecular complexity index is 857. The number of hydrogen-bond donors (Lipinski definition) is 1. The van der Waals surface area contributed by atoms with Crippen LogP contribution in [0, 0.1) is 17.2 Å². The summed E-state index contributed by atoms with van der Waals surface area (Å²) in [5.41, 5.74) is 3.03. The Morgan fingerprint density at radius 3 is 2.57 bits per heavy atom. The molecule has 1 amide bonds. The highest BCUT2D eigenvalue weighted by atomic mass is 16.5. The van der Waals surface area contributed by atoms with E-state index in [0.717, 1.165) is 16.7 Å². The Kier molecular flexibility index (Phi) is 5.38. The lowest BCUT2D eigenvalue weighted by Crippen LogP contribution is -2.66. The van der Waals surface area contributed by atoms with Crippen molar-refractivity contribution in [2.24, 2.45) is 5.92 Å². The number of aromatic nitrogens is 1. The summed E-state index contributed by atoms with van der Waals surface area (Å²) in [4.78, 5) is 18.7. The number of ether oxygens (including phenoxy) is 1. The number of carbonyl (C=O) groups excluding carboxylic acids is 1. The van der Waals surface area contributed by atoms with E-state index in [9.17, 15) is 15.2 Å². The minimum absolute atomic E-state index is 0.0304. The van der Waals surface area contributed by atoms with Crippen molar-refractivity contribution in [1.82, 2.24) is 9.88 Å². The summed E-state index contributed by atoms with van der Waals surface area (Å²) < 4.78 is 5.34. The Hall–Kier alpha value is -2.75. The molecule has 1 aromatic heterocycles. The standard InChI is InChI=1S/C22H23N3O3/c23-12-19-21(16-5-3-15(4-6-16)18-2-1-9-24-13-18)20(14-26)25(19)22(27)17-7-10-28-11-8-17/h1-6,9,13,17,19-21,26H,7-8,10-11,14H2/t19-,20+,21+/m0/s1. The number of carbonyl (C=O) groups is 1. The molecule has 1 N–H and O–H groups in total. The van der Waals surface area contributed by atoms with Crippen LogP contribution < -0.4 is 0 Å². The highest BCUT2D eigenvalue weighted by Crippen LogP contribution is 2.42. The highest BCUT2D eigenvalue weighted by Gasteiger charge is 2.52. The van der Waals surface area contributed by atoms with Gasteiger partial charge >= 0.3 is 0 Å². The van der Waals surface area contributed by atoms with Crippen molar-refractivity contribution >= 4 is 5.91 Å². The Balaban J connectivity index is 1.54. The van der Waals surface area contributed by atoms with Crippen LogP contribution in [0.3, 0.4) is 0 Å². The molecule has 28 heavy (non-hydrogen) atoms. The molecule has 0 radical (unpaired) electrons. The number of nitriles is 1. The lowest BCUT2D eigenvalue weighted by molar-refractivity contribution is -0.154. The first-order valence-corrected chi connectivity index (χ1v) is 9.65. The Morgan fingerprint density at radius 1 is 1.21 bits per heavy atom. The lowest BCUT2D eigenvalue weighted by atomic mass is 9.74. The first-order chi connectivity index (χ1) is 13.7. The van der Waals surface area contributed by atoms with Crippen molar-refractivity contribution in [2.45, 2.75) is 30.8 Å². The quantitative estimate of drug-likeness (QED) is 0.884. The van der Waals surface area contributed by atoms with Crippen molar-refractivity contribution in [1.29, 1.82) is 5.26 Å². The van der Waals surface area contributed by atoms with Crippen LogP contribution in [0.2, 0.25) is 0 Å². The molecule has 1 aromatic carbocycles. The van der Waals surface area contributed by atoms with E-state index in [1.54, 1.807) is 17.3 Å². The zero-order valence-electron chi connectivity index (χ0n) is 15.6. The van der Waals surface area contributed by atoms with Gasteiger partial charge in [0.2, 0.25) is 5.91 Å². The fourth-order valence-corrected chi connectivity index (χ4v) is 4.30. The van der Waals surface area contributed by atoms with E-state index >= 15 is 0 Å². The van der Waals surface area contributed by atoms with E-state index in [4.69, 9.17) is 4.74 Å². The van der Waals surface area contributed by atoms with Crippen LogP contribution in [0.15, 0.2) is 48.8 Å². The zero-order chi connectivity index (χ0) is 19.5. The number of hydrogen-bond acceptors (Lipinski definition) is 5. The summed E-state index contributed by atoms with van der Waals surface area (Å²) in [6, 6.07) is 13.2. The van der Waals surface area contributed by atoms with Crippen LogP contribution >= 0.6 is 0 Å². The van der Waals surface area contributed by atoms with Gasteiger partial charge in [0, 0.05) is 37.4 Å². The largest absolute Gasteiger partial charge is 0.394 e. The topological polar surface area (TPSA) is 86.5 Å². The molecule has 4 rings (SSSR count). The summed E-state index contributed by atoms with van der Waals surface area (Å²) in [5, 5.41) is 19.7. The zero-order valence-corrected chi connectivity index (χ0v) is 15.6. The third-order valence-electron chi connectivity index (χ3n) is 5.85. The summed E-state index contributed by atoms with van der Waals surface area (Å²) in [6.45, 7) is 0.997. The van der Waals surface area contributed by atoms with Gasteiger partial charge in [-0.2, -0.15) is 5.26 Å². The normalized spacial score (nSPS) is 25.0. The van der Waals surface area contributed by atoms with Gasteiger partial charge in [-0.15, -0.1) is 0 Å². The third-order valence-corrected chi connectivity index (χ3v) is 5.85. The van der Waals surface area contributed by atoms with E-state index in [-0.39, 0.29) is 30.4 Å². The van der Waals surface area contributed by atoms with Crippen molar-refractivity contribution in [2.75, 3.05) is 19.8 Å². The molecule has 144 valence electrons. The Labute approximate surface area is 164 Å². The fraction of sp³-hybridized carbons (Fsp3) is 0.409. The molecular formula is C22H23N3O3. The Morgan fingerprint density at radius 2 is 1.96 bits per heavy atom. The van der Waals surface area contributed by atoms with Gasteiger partial charge in [0.1, 0.15) is 6.04 Å². The monoisotopic (exact) mass is 377 g/mol. The molecule has 0 saturated carbocycles. The number of amides is 1. The number of aliphatic hydroxyl groups is 1. The van der Waals surface area contributed by atoms with Crippen LogP contribution in [0.25, 0.3) is 11.1 Å². The van der Waals surface area contributed by atoms with E-state index in [0.29, 0.717) is 26.1 Å². The van der Waals surface area contributed by atoms with Crippen molar-refractivity contribution in [3.05, 3.63) is 54.4 Å². The number of nitrogens with zero attached hydrogens (tertiary/aromatic N) is 3. The van der Waals surface area contributed by atoms with E-state index < -0.39 is 6.04 Å². The predicted octanol–water partition coefficient (Wildman–Crippen LogP) is 2.35. The van der Waals surface area contributed by atoms with Gasteiger partial charge in [0.25, 0.3) is 0 Å². The summed E-state index contributed by atoms with van der Waals surface area (Å²) in [7, 11) is 0. The number of pyridine rings is 1. The van der Waals surface area contributed by atoms with Crippen LogP contribution in [0.1, 0.15) is 24.3 Å². The second-order valence-corrected chi connectivity index (χ2v) is 7.35. The van der Waals surface area contributed by atoms with Crippen LogP contribution in [-0.2, 0) is 9.53 Å². The van der Waals surface area contributed by atoms with Gasteiger partial charge < -0.3 is 14.7 Å². The van der Waals surface area contributed by atoms with Gasteiger partial charge in [-0.05, 0) is 35.6 Å². The van der Waals surface area contributed by atoms with Gasteiger partial charge in [-0.25, -0.2) is 0 Å². The molecular weight excluding hydrogens is 354 g/mol.